The first-order chi connectivity index (χ1) is 12.3. The number of ether oxygens (including phenoxy) is 1. The Morgan fingerprint density at radius 2 is 2.08 bits per heavy atom. The molecule has 0 aliphatic heterocycles. The van der Waals surface area contributed by atoms with Gasteiger partial charge in [-0.15, -0.1) is 0 Å². The van der Waals surface area contributed by atoms with E-state index in [4.69, 9.17) is 9.15 Å². The summed E-state index contributed by atoms with van der Waals surface area (Å²) in [5.74, 6) is 0.590. The smallest absolute Gasteiger partial charge is 0.247 e. The summed E-state index contributed by atoms with van der Waals surface area (Å²) in [4.78, 5) is 23.0. The Balaban J connectivity index is 1.72. The number of hydrogen-bond donors (Lipinski definition) is 0. The maximum Gasteiger partial charge on any atom is 0.247 e. The monoisotopic (exact) mass is 337 g/mol. The summed E-state index contributed by atoms with van der Waals surface area (Å²) in [6, 6.07) is 11.3. The molecule has 0 saturated heterocycles. The molecule has 1 amide bonds. The minimum Gasteiger partial charge on any atom is -0.467 e. The molecular formula is C19H19N3O3. The maximum absolute atomic E-state index is 12.5. The van der Waals surface area contributed by atoms with Crippen LogP contribution < -0.4 is 0 Å². The van der Waals surface area contributed by atoms with Gasteiger partial charge in [0.2, 0.25) is 5.91 Å². The standard InChI is InChI=1S/C19H19N3O3/c1-24-12-10-22(14-16-5-4-11-25-16)19(23)9-8-15-13-20-17-6-2-3-7-18(17)21-15/h2-9,11,13H,10,12,14H2,1H3/b9-8+. The number of methoxy groups -OCH3 is 1. The molecule has 0 spiro atoms. The predicted molar refractivity (Wildman–Crippen MR) is 94.6 cm³/mol. The summed E-state index contributed by atoms with van der Waals surface area (Å²) in [5.41, 5.74) is 2.26. The van der Waals surface area contributed by atoms with Gasteiger partial charge in [0.1, 0.15) is 5.76 Å². The number of amides is 1. The number of rotatable bonds is 7. The highest BCUT2D eigenvalue weighted by molar-refractivity contribution is 5.91. The number of para-hydroxylation sites is 2. The van der Waals surface area contributed by atoms with E-state index in [9.17, 15) is 4.79 Å². The molecule has 0 bridgehead atoms. The Hall–Kier alpha value is -2.99. The van der Waals surface area contributed by atoms with Gasteiger partial charge < -0.3 is 14.1 Å². The molecule has 6 heteroatoms. The molecule has 0 radical (unpaired) electrons. The van der Waals surface area contributed by atoms with Gasteiger partial charge in [0.25, 0.3) is 0 Å². The van der Waals surface area contributed by atoms with Gasteiger partial charge in [0.05, 0.1) is 42.3 Å². The number of carbonyl (C=O) groups is 1. The van der Waals surface area contributed by atoms with Crippen LogP contribution in [-0.2, 0) is 16.1 Å². The van der Waals surface area contributed by atoms with E-state index in [0.717, 1.165) is 16.8 Å². The first-order valence-corrected chi connectivity index (χ1v) is 7.96. The Kier molecular flexibility index (Phi) is 5.53. The number of aromatic nitrogens is 2. The molecule has 2 heterocycles. The second-order valence-corrected chi connectivity index (χ2v) is 5.45. The number of benzene rings is 1. The van der Waals surface area contributed by atoms with Gasteiger partial charge in [-0.3, -0.25) is 9.78 Å². The van der Waals surface area contributed by atoms with Crippen LogP contribution in [0.1, 0.15) is 11.5 Å². The van der Waals surface area contributed by atoms with E-state index >= 15 is 0 Å². The van der Waals surface area contributed by atoms with E-state index in [2.05, 4.69) is 9.97 Å². The van der Waals surface area contributed by atoms with Crippen molar-refractivity contribution in [3.63, 3.8) is 0 Å². The molecule has 0 atom stereocenters. The van der Waals surface area contributed by atoms with Crippen LogP contribution in [0.25, 0.3) is 17.1 Å². The number of nitrogens with zero attached hydrogens (tertiary/aromatic N) is 3. The van der Waals surface area contributed by atoms with Gasteiger partial charge in [-0.2, -0.15) is 0 Å². The average molecular weight is 337 g/mol. The van der Waals surface area contributed by atoms with Crippen LogP contribution in [0.4, 0.5) is 0 Å². The first-order valence-electron chi connectivity index (χ1n) is 7.96. The van der Waals surface area contributed by atoms with Gasteiger partial charge >= 0.3 is 0 Å². The minimum absolute atomic E-state index is 0.136. The second kappa shape index (κ2) is 8.21. The lowest BCUT2D eigenvalue weighted by Crippen LogP contribution is -2.31. The van der Waals surface area contributed by atoms with Crippen LogP contribution >= 0.6 is 0 Å². The number of fused-ring (bicyclic) bond motifs is 1. The lowest BCUT2D eigenvalue weighted by atomic mass is 10.3. The summed E-state index contributed by atoms with van der Waals surface area (Å²) in [6.07, 6.45) is 6.41. The zero-order valence-electron chi connectivity index (χ0n) is 14.0. The molecule has 25 heavy (non-hydrogen) atoms. The lowest BCUT2D eigenvalue weighted by Gasteiger charge is -2.19. The third-order valence-electron chi connectivity index (χ3n) is 3.67. The van der Waals surface area contributed by atoms with E-state index in [-0.39, 0.29) is 5.91 Å². The van der Waals surface area contributed by atoms with Crippen LogP contribution in [0.2, 0.25) is 0 Å². The average Bonchev–Trinajstić information content (AvgIpc) is 3.16. The molecule has 128 valence electrons. The largest absolute Gasteiger partial charge is 0.467 e. The molecule has 6 nitrogen and oxygen atoms in total. The molecule has 3 rings (SSSR count). The SMILES string of the molecule is COCCN(Cc1ccco1)C(=O)/C=C/c1cnc2ccccc2n1. The predicted octanol–water partition coefficient (Wildman–Crippen LogP) is 2.91. The van der Waals surface area contributed by atoms with Crippen molar-refractivity contribution in [2.45, 2.75) is 6.54 Å². The Labute approximate surface area is 145 Å². The van der Waals surface area contributed by atoms with Crippen molar-refractivity contribution >= 4 is 23.0 Å². The molecule has 2 aromatic heterocycles. The van der Waals surface area contributed by atoms with Crippen molar-refractivity contribution in [1.29, 1.82) is 0 Å². The summed E-state index contributed by atoms with van der Waals surface area (Å²) in [6.45, 7) is 1.32. The van der Waals surface area contributed by atoms with Gasteiger partial charge in [-0.05, 0) is 30.3 Å². The van der Waals surface area contributed by atoms with Crippen molar-refractivity contribution in [3.8, 4) is 0 Å². The van der Waals surface area contributed by atoms with Crippen LogP contribution in [0.5, 0.6) is 0 Å². The summed E-state index contributed by atoms with van der Waals surface area (Å²) >= 11 is 0. The second-order valence-electron chi connectivity index (χ2n) is 5.45. The number of hydrogen-bond acceptors (Lipinski definition) is 5. The van der Waals surface area contributed by atoms with Gasteiger partial charge in [0, 0.05) is 19.7 Å². The molecule has 0 unspecified atom stereocenters. The molecule has 3 aromatic rings. The van der Waals surface area contributed by atoms with E-state index < -0.39 is 0 Å². The highest BCUT2D eigenvalue weighted by Crippen LogP contribution is 2.10. The Morgan fingerprint density at radius 1 is 1.24 bits per heavy atom. The highest BCUT2D eigenvalue weighted by Gasteiger charge is 2.12. The van der Waals surface area contributed by atoms with Gasteiger partial charge in [-0.25, -0.2) is 4.98 Å². The molecule has 0 aliphatic rings. The zero-order chi connectivity index (χ0) is 17.5. The van der Waals surface area contributed by atoms with E-state index in [0.29, 0.717) is 25.4 Å². The van der Waals surface area contributed by atoms with Crippen LogP contribution in [0.3, 0.4) is 0 Å². The topological polar surface area (TPSA) is 68.5 Å². The summed E-state index contributed by atoms with van der Waals surface area (Å²) in [5, 5.41) is 0. The van der Waals surface area contributed by atoms with Crippen LogP contribution in [0.15, 0.2) is 59.4 Å². The maximum atomic E-state index is 12.5. The fraction of sp³-hybridized carbons (Fsp3) is 0.211. The number of carbonyl (C=O) groups excluding carboxylic acids is 1. The molecule has 0 aliphatic carbocycles. The van der Waals surface area contributed by atoms with Gasteiger partial charge in [0.15, 0.2) is 0 Å². The first kappa shape index (κ1) is 16.9. The molecule has 0 N–H and O–H groups in total. The molecular weight excluding hydrogens is 318 g/mol. The Bertz CT molecular complexity index is 859. The zero-order valence-corrected chi connectivity index (χ0v) is 14.0. The third-order valence-corrected chi connectivity index (χ3v) is 3.67. The third kappa shape index (κ3) is 4.51. The lowest BCUT2D eigenvalue weighted by molar-refractivity contribution is -0.127. The summed E-state index contributed by atoms with van der Waals surface area (Å²) < 4.78 is 10.4. The minimum atomic E-state index is -0.136. The fourth-order valence-electron chi connectivity index (χ4n) is 2.37. The molecule has 0 saturated carbocycles. The fourth-order valence-corrected chi connectivity index (χ4v) is 2.37. The quantitative estimate of drug-likeness (QED) is 0.620. The van der Waals surface area contributed by atoms with Crippen LogP contribution in [0, 0.1) is 0 Å². The van der Waals surface area contributed by atoms with E-state index in [1.165, 1.54) is 6.08 Å². The number of furan rings is 1. The van der Waals surface area contributed by atoms with E-state index in [1.54, 1.807) is 36.6 Å². The summed E-state index contributed by atoms with van der Waals surface area (Å²) in [7, 11) is 1.61. The normalized spacial score (nSPS) is 11.2. The van der Waals surface area contributed by atoms with Crippen molar-refractivity contribution in [1.82, 2.24) is 14.9 Å². The van der Waals surface area contributed by atoms with Gasteiger partial charge in [-0.1, -0.05) is 12.1 Å². The van der Waals surface area contributed by atoms with Crippen LogP contribution in [-0.4, -0.2) is 41.0 Å². The van der Waals surface area contributed by atoms with Crippen molar-refractivity contribution in [2.24, 2.45) is 0 Å². The molecule has 0 fully saturated rings. The Morgan fingerprint density at radius 3 is 2.84 bits per heavy atom. The molecule has 1 aromatic carbocycles. The van der Waals surface area contributed by atoms with Crippen molar-refractivity contribution in [2.75, 3.05) is 20.3 Å². The van der Waals surface area contributed by atoms with E-state index in [1.807, 2.05) is 30.3 Å². The highest BCUT2D eigenvalue weighted by atomic mass is 16.5. The van der Waals surface area contributed by atoms with Crippen molar-refractivity contribution < 1.29 is 13.9 Å². The van der Waals surface area contributed by atoms with Crippen molar-refractivity contribution in [3.05, 3.63) is 66.4 Å².